The van der Waals surface area contributed by atoms with Gasteiger partial charge in [0.2, 0.25) is 5.88 Å². The molecule has 0 amide bonds. The van der Waals surface area contributed by atoms with Gasteiger partial charge in [0.1, 0.15) is 0 Å². The van der Waals surface area contributed by atoms with Crippen LogP contribution in [0.5, 0.6) is 5.88 Å². The Kier molecular flexibility index (Phi) is 6.15. The lowest BCUT2D eigenvalue weighted by Gasteiger charge is -2.21. The van der Waals surface area contributed by atoms with E-state index in [1.165, 1.54) is 32.1 Å². The van der Waals surface area contributed by atoms with Crippen molar-refractivity contribution >= 4 is 0 Å². The summed E-state index contributed by atoms with van der Waals surface area (Å²) in [5, 5.41) is 3.37. The molecule has 1 aromatic rings. The van der Waals surface area contributed by atoms with Crippen LogP contribution in [0.2, 0.25) is 0 Å². The lowest BCUT2D eigenvalue weighted by Crippen LogP contribution is -2.17. The Morgan fingerprint density at radius 1 is 1.26 bits per heavy atom. The molecule has 2 rings (SSSR count). The van der Waals surface area contributed by atoms with E-state index in [1.807, 2.05) is 12.1 Å². The van der Waals surface area contributed by atoms with E-state index in [2.05, 4.69) is 23.3 Å². The smallest absolute Gasteiger partial charge is 0.213 e. The van der Waals surface area contributed by atoms with Gasteiger partial charge in [-0.3, -0.25) is 0 Å². The monoisotopic (exact) mass is 262 g/mol. The Hall–Kier alpha value is -1.09. The quantitative estimate of drug-likeness (QED) is 0.763. The van der Waals surface area contributed by atoms with Gasteiger partial charge in [0.05, 0.1) is 12.3 Å². The molecule has 19 heavy (non-hydrogen) atoms. The van der Waals surface area contributed by atoms with Crippen molar-refractivity contribution in [2.75, 3.05) is 13.2 Å². The number of hydrogen-bond acceptors (Lipinski definition) is 3. The molecule has 1 aromatic heterocycles. The summed E-state index contributed by atoms with van der Waals surface area (Å²) in [6, 6.07) is 6.05. The van der Waals surface area contributed by atoms with Crippen molar-refractivity contribution < 1.29 is 4.74 Å². The Morgan fingerprint density at radius 3 is 2.89 bits per heavy atom. The van der Waals surface area contributed by atoms with Crippen molar-refractivity contribution in [2.45, 2.75) is 52.0 Å². The Morgan fingerprint density at radius 2 is 2.11 bits per heavy atom. The highest BCUT2D eigenvalue weighted by Crippen LogP contribution is 2.24. The van der Waals surface area contributed by atoms with Gasteiger partial charge in [-0.1, -0.05) is 32.3 Å². The minimum Gasteiger partial charge on any atom is -0.477 e. The molecule has 1 saturated carbocycles. The van der Waals surface area contributed by atoms with E-state index in [1.54, 1.807) is 0 Å². The van der Waals surface area contributed by atoms with Gasteiger partial charge in [-0.2, -0.15) is 0 Å². The van der Waals surface area contributed by atoms with Gasteiger partial charge < -0.3 is 10.1 Å². The van der Waals surface area contributed by atoms with Crippen molar-refractivity contribution in [1.29, 1.82) is 0 Å². The Labute approximate surface area is 116 Å². The van der Waals surface area contributed by atoms with Gasteiger partial charge in [-0.25, -0.2) is 4.98 Å². The van der Waals surface area contributed by atoms with Gasteiger partial charge >= 0.3 is 0 Å². The number of pyridine rings is 1. The summed E-state index contributed by atoms with van der Waals surface area (Å²) in [4.78, 5) is 4.54. The normalized spacial score (nSPS) is 16.5. The number of nitrogens with one attached hydrogen (secondary N) is 1. The fourth-order valence-electron chi connectivity index (χ4n) is 2.59. The zero-order valence-corrected chi connectivity index (χ0v) is 12.0. The second-order valence-electron chi connectivity index (χ2n) is 5.46. The van der Waals surface area contributed by atoms with Gasteiger partial charge in [0.15, 0.2) is 0 Å². The van der Waals surface area contributed by atoms with Crippen molar-refractivity contribution in [1.82, 2.24) is 10.3 Å². The van der Waals surface area contributed by atoms with Crippen molar-refractivity contribution in [2.24, 2.45) is 5.92 Å². The number of hydrogen-bond donors (Lipinski definition) is 1. The molecule has 0 bridgehead atoms. The van der Waals surface area contributed by atoms with Crippen molar-refractivity contribution in [3.8, 4) is 5.88 Å². The summed E-state index contributed by atoms with van der Waals surface area (Å²) in [6.07, 6.45) is 7.91. The van der Waals surface area contributed by atoms with E-state index in [9.17, 15) is 0 Å². The fourth-order valence-corrected chi connectivity index (χ4v) is 2.59. The van der Waals surface area contributed by atoms with Crippen molar-refractivity contribution in [3.63, 3.8) is 0 Å². The zero-order chi connectivity index (χ0) is 13.3. The van der Waals surface area contributed by atoms with E-state index in [-0.39, 0.29) is 0 Å². The predicted octanol–water partition coefficient (Wildman–Crippen LogP) is 3.54. The summed E-state index contributed by atoms with van der Waals surface area (Å²) in [6.45, 7) is 4.87. The standard InChI is InChI=1S/C16H26N2O/c1-2-11-17-12-15-9-6-10-16(18-15)19-13-14-7-4-3-5-8-14/h6,9-10,14,17H,2-5,7-8,11-13H2,1H3. The molecule has 0 aliphatic heterocycles. The SMILES string of the molecule is CCCNCc1cccc(OCC2CCCCC2)n1. The van der Waals surface area contributed by atoms with Gasteiger partial charge in [0, 0.05) is 12.6 Å². The van der Waals surface area contributed by atoms with E-state index < -0.39 is 0 Å². The molecule has 3 heteroatoms. The summed E-state index contributed by atoms with van der Waals surface area (Å²) in [7, 11) is 0. The van der Waals surface area contributed by atoms with Crippen LogP contribution < -0.4 is 10.1 Å². The minimum absolute atomic E-state index is 0.734. The second kappa shape index (κ2) is 8.16. The fraction of sp³-hybridized carbons (Fsp3) is 0.688. The molecule has 1 fully saturated rings. The van der Waals surface area contributed by atoms with Crippen LogP contribution in [0.3, 0.4) is 0 Å². The maximum absolute atomic E-state index is 5.85. The van der Waals surface area contributed by atoms with Crippen LogP contribution in [-0.4, -0.2) is 18.1 Å². The van der Waals surface area contributed by atoms with E-state index in [0.29, 0.717) is 0 Å². The summed E-state index contributed by atoms with van der Waals surface area (Å²) < 4.78 is 5.85. The molecule has 0 saturated heterocycles. The topological polar surface area (TPSA) is 34.1 Å². The second-order valence-corrected chi connectivity index (χ2v) is 5.46. The molecule has 106 valence electrons. The van der Waals surface area contributed by atoms with Gasteiger partial charge in [-0.05, 0) is 37.8 Å². The molecule has 0 spiro atoms. The van der Waals surface area contributed by atoms with E-state index in [4.69, 9.17) is 4.74 Å². The summed E-state index contributed by atoms with van der Waals surface area (Å²) in [5.74, 6) is 1.51. The molecule has 1 heterocycles. The third-order valence-corrected chi connectivity index (χ3v) is 3.71. The van der Waals surface area contributed by atoms with Crippen LogP contribution in [0.4, 0.5) is 0 Å². The molecule has 1 aliphatic rings. The average Bonchev–Trinajstić information content (AvgIpc) is 2.47. The first-order chi connectivity index (χ1) is 9.38. The highest BCUT2D eigenvalue weighted by molar-refractivity contribution is 5.15. The van der Waals surface area contributed by atoms with E-state index in [0.717, 1.165) is 43.6 Å². The molecular formula is C16H26N2O. The van der Waals surface area contributed by atoms with Crippen LogP contribution in [0.1, 0.15) is 51.1 Å². The van der Waals surface area contributed by atoms with E-state index >= 15 is 0 Å². The molecule has 0 atom stereocenters. The maximum atomic E-state index is 5.85. The molecule has 0 radical (unpaired) electrons. The number of rotatable bonds is 7. The first kappa shape index (κ1) is 14.3. The van der Waals surface area contributed by atoms with Gasteiger partial charge in [0.25, 0.3) is 0 Å². The molecule has 1 N–H and O–H groups in total. The van der Waals surface area contributed by atoms with Crippen molar-refractivity contribution in [3.05, 3.63) is 23.9 Å². The molecule has 0 aromatic carbocycles. The minimum atomic E-state index is 0.734. The number of aromatic nitrogens is 1. The summed E-state index contributed by atoms with van der Waals surface area (Å²) >= 11 is 0. The van der Waals surface area contributed by atoms with Crippen LogP contribution in [-0.2, 0) is 6.54 Å². The molecular weight excluding hydrogens is 236 g/mol. The third kappa shape index (κ3) is 5.19. The summed E-state index contributed by atoms with van der Waals surface area (Å²) in [5.41, 5.74) is 1.06. The largest absolute Gasteiger partial charge is 0.477 e. The number of nitrogens with zero attached hydrogens (tertiary/aromatic N) is 1. The Bertz CT molecular complexity index is 362. The van der Waals surface area contributed by atoms with Gasteiger partial charge in [-0.15, -0.1) is 0 Å². The molecule has 0 unspecified atom stereocenters. The van der Waals surface area contributed by atoms with Crippen LogP contribution in [0, 0.1) is 5.92 Å². The van der Waals surface area contributed by atoms with Crippen LogP contribution in [0.25, 0.3) is 0 Å². The molecule has 3 nitrogen and oxygen atoms in total. The number of ether oxygens (including phenoxy) is 1. The lowest BCUT2D eigenvalue weighted by atomic mass is 9.90. The first-order valence-corrected chi connectivity index (χ1v) is 7.68. The highest BCUT2D eigenvalue weighted by Gasteiger charge is 2.14. The predicted molar refractivity (Wildman–Crippen MR) is 78.3 cm³/mol. The van der Waals surface area contributed by atoms with Crippen LogP contribution in [0.15, 0.2) is 18.2 Å². The Balaban J connectivity index is 1.77. The lowest BCUT2D eigenvalue weighted by molar-refractivity contribution is 0.202. The van der Waals surface area contributed by atoms with Crippen LogP contribution >= 0.6 is 0 Å². The molecule has 1 aliphatic carbocycles. The average molecular weight is 262 g/mol. The first-order valence-electron chi connectivity index (χ1n) is 7.68. The third-order valence-electron chi connectivity index (χ3n) is 3.71. The highest BCUT2D eigenvalue weighted by atomic mass is 16.5. The maximum Gasteiger partial charge on any atom is 0.213 e. The zero-order valence-electron chi connectivity index (χ0n) is 12.0.